The van der Waals surface area contributed by atoms with E-state index in [0.717, 1.165) is 50.4 Å². The number of amides is 1. The monoisotopic (exact) mass is 333 g/mol. The third-order valence-corrected chi connectivity index (χ3v) is 5.32. The lowest BCUT2D eigenvalue weighted by atomic mass is 10.00. The van der Waals surface area contributed by atoms with E-state index in [0.29, 0.717) is 18.4 Å². The Bertz CT molecular complexity index is 664. The second-order valence-corrected chi connectivity index (χ2v) is 6.91. The molecule has 0 radical (unpaired) electrons. The second-order valence-electron chi connectivity index (χ2n) is 6.13. The average molecular weight is 333 g/mol. The summed E-state index contributed by atoms with van der Waals surface area (Å²) in [5.41, 5.74) is 0.768. The summed E-state index contributed by atoms with van der Waals surface area (Å²) in [5.74, 6) is 2.06. The molecule has 0 aliphatic carbocycles. The number of aromatic nitrogens is 2. The molecule has 2 saturated heterocycles. The molecule has 4 rings (SSSR count). The highest BCUT2D eigenvalue weighted by molar-refractivity contribution is 7.08. The Labute approximate surface area is 138 Å². The molecule has 6 nitrogen and oxygen atoms in total. The van der Waals surface area contributed by atoms with Gasteiger partial charge >= 0.3 is 0 Å². The first-order valence-electron chi connectivity index (χ1n) is 8.04. The van der Waals surface area contributed by atoms with E-state index in [1.54, 1.807) is 11.3 Å². The van der Waals surface area contributed by atoms with E-state index in [1.165, 1.54) is 0 Å². The summed E-state index contributed by atoms with van der Waals surface area (Å²) in [6.07, 6.45) is 2.78. The van der Waals surface area contributed by atoms with Gasteiger partial charge in [-0.2, -0.15) is 16.3 Å². The van der Waals surface area contributed by atoms with Crippen molar-refractivity contribution < 1.29 is 14.1 Å². The number of hydrogen-bond acceptors (Lipinski definition) is 6. The lowest BCUT2D eigenvalue weighted by molar-refractivity contribution is 0.0790. The zero-order valence-corrected chi connectivity index (χ0v) is 13.6. The predicted octanol–water partition coefficient (Wildman–Crippen LogP) is 2.65. The highest BCUT2D eigenvalue weighted by Crippen LogP contribution is 2.30. The van der Waals surface area contributed by atoms with Gasteiger partial charge in [-0.05, 0) is 30.7 Å². The molecule has 1 amide bonds. The van der Waals surface area contributed by atoms with E-state index in [-0.39, 0.29) is 11.8 Å². The molecule has 0 N–H and O–H groups in total. The molecule has 0 spiro atoms. The number of carbonyl (C=O) groups is 1. The van der Waals surface area contributed by atoms with Gasteiger partial charge in [-0.3, -0.25) is 4.79 Å². The number of carbonyl (C=O) groups excluding carboxylic acids is 1. The number of nitrogens with zero attached hydrogens (tertiary/aromatic N) is 3. The summed E-state index contributed by atoms with van der Waals surface area (Å²) in [7, 11) is 0. The molecule has 2 fully saturated rings. The number of likely N-dealkylation sites (tertiary alicyclic amines) is 1. The Morgan fingerprint density at radius 1 is 1.26 bits per heavy atom. The van der Waals surface area contributed by atoms with Crippen molar-refractivity contribution in [2.75, 3.05) is 26.3 Å². The second kappa shape index (κ2) is 6.41. The van der Waals surface area contributed by atoms with Gasteiger partial charge in [-0.15, -0.1) is 0 Å². The molecule has 23 heavy (non-hydrogen) atoms. The predicted molar refractivity (Wildman–Crippen MR) is 84.7 cm³/mol. The normalized spacial score (nSPS) is 22.6. The van der Waals surface area contributed by atoms with Crippen molar-refractivity contribution in [2.45, 2.75) is 31.1 Å². The van der Waals surface area contributed by atoms with Crippen molar-refractivity contribution >= 4 is 17.2 Å². The van der Waals surface area contributed by atoms with Crippen molar-refractivity contribution in [2.24, 2.45) is 0 Å². The van der Waals surface area contributed by atoms with Crippen molar-refractivity contribution in [3.8, 4) is 0 Å². The van der Waals surface area contributed by atoms with Crippen LogP contribution >= 0.6 is 11.3 Å². The lowest BCUT2D eigenvalue weighted by Crippen LogP contribution is -2.28. The number of rotatable bonds is 3. The minimum Gasteiger partial charge on any atom is -0.381 e. The fourth-order valence-electron chi connectivity index (χ4n) is 3.25. The van der Waals surface area contributed by atoms with Crippen molar-refractivity contribution in [1.29, 1.82) is 0 Å². The van der Waals surface area contributed by atoms with Crippen LogP contribution in [0.4, 0.5) is 0 Å². The topological polar surface area (TPSA) is 68.5 Å². The van der Waals surface area contributed by atoms with Crippen LogP contribution in [0.25, 0.3) is 0 Å². The first-order valence-corrected chi connectivity index (χ1v) is 8.98. The molecule has 4 heterocycles. The molecular formula is C16H19N3O3S. The molecular weight excluding hydrogens is 314 g/mol. The van der Waals surface area contributed by atoms with Crippen LogP contribution < -0.4 is 0 Å². The van der Waals surface area contributed by atoms with Gasteiger partial charge in [0.05, 0.1) is 11.5 Å². The van der Waals surface area contributed by atoms with Gasteiger partial charge in [-0.25, -0.2) is 0 Å². The van der Waals surface area contributed by atoms with Crippen LogP contribution in [-0.4, -0.2) is 47.3 Å². The number of thiophene rings is 1. The molecule has 1 unspecified atom stereocenters. The molecule has 2 aliphatic rings. The van der Waals surface area contributed by atoms with E-state index in [2.05, 4.69) is 10.1 Å². The minimum atomic E-state index is 0.0953. The maximum atomic E-state index is 12.4. The van der Waals surface area contributed by atoms with Gasteiger partial charge in [0, 0.05) is 37.6 Å². The van der Waals surface area contributed by atoms with Gasteiger partial charge in [0.2, 0.25) is 5.89 Å². The van der Waals surface area contributed by atoms with Gasteiger partial charge in [-0.1, -0.05) is 5.16 Å². The highest BCUT2D eigenvalue weighted by atomic mass is 32.1. The molecule has 1 atom stereocenters. The zero-order valence-electron chi connectivity index (χ0n) is 12.8. The van der Waals surface area contributed by atoms with Gasteiger partial charge in [0.1, 0.15) is 0 Å². The van der Waals surface area contributed by atoms with Crippen LogP contribution in [0.15, 0.2) is 21.3 Å². The van der Waals surface area contributed by atoms with Crippen LogP contribution in [0, 0.1) is 0 Å². The van der Waals surface area contributed by atoms with Crippen LogP contribution in [-0.2, 0) is 4.74 Å². The Hall–Kier alpha value is -1.73. The molecule has 0 bridgehead atoms. The van der Waals surface area contributed by atoms with Crippen LogP contribution in [0.5, 0.6) is 0 Å². The zero-order chi connectivity index (χ0) is 15.6. The minimum absolute atomic E-state index is 0.0953. The molecule has 0 saturated carbocycles. The van der Waals surface area contributed by atoms with Crippen molar-refractivity contribution in [3.63, 3.8) is 0 Å². The standard InChI is InChI=1S/C16H19N3O3S/c20-16(13-4-8-23-10-13)19-5-1-12(9-19)15-17-14(18-22-15)11-2-6-21-7-3-11/h4,8,10-12H,1-3,5-7,9H2. The maximum Gasteiger partial charge on any atom is 0.254 e. The van der Waals surface area contributed by atoms with Crippen LogP contribution in [0.3, 0.4) is 0 Å². The summed E-state index contributed by atoms with van der Waals surface area (Å²) in [6.45, 7) is 2.93. The fourth-order valence-corrected chi connectivity index (χ4v) is 3.88. The maximum absolute atomic E-state index is 12.4. The van der Waals surface area contributed by atoms with E-state index in [9.17, 15) is 4.79 Å². The molecule has 7 heteroatoms. The third-order valence-electron chi connectivity index (χ3n) is 4.64. The van der Waals surface area contributed by atoms with E-state index in [4.69, 9.17) is 9.26 Å². The molecule has 2 aromatic heterocycles. The van der Waals surface area contributed by atoms with E-state index >= 15 is 0 Å². The summed E-state index contributed by atoms with van der Waals surface area (Å²) in [5, 5.41) is 7.98. The smallest absolute Gasteiger partial charge is 0.254 e. The average Bonchev–Trinajstić information content (AvgIpc) is 3.35. The lowest BCUT2D eigenvalue weighted by Gasteiger charge is -2.18. The first-order chi connectivity index (χ1) is 11.3. The Balaban J connectivity index is 1.41. The van der Waals surface area contributed by atoms with Gasteiger partial charge in [0.25, 0.3) is 5.91 Å². The largest absolute Gasteiger partial charge is 0.381 e. The number of hydrogen-bond donors (Lipinski definition) is 0. The highest BCUT2D eigenvalue weighted by Gasteiger charge is 2.32. The quantitative estimate of drug-likeness (QED) is 0.864. The van der Waals surface area contributed by atoms with E-state index < -0.39 is 0 Å². The molecule has 2 aromatic rings. The molecule has 2 aliphatic heterocycles. The summed E-state index contributed by atoms with van der Waals surface area (Å²) in [6, 6.07) is 1.87. The fraction of sp³-hybridized carbons (Fsp3) is 0.562. The SMILES string of the molecule is O=C(c1ccsc1)N1CCC(c2nc(C3CCOCC3)no2)C1. The van der Waals surface area contributed by atoms with Gasteiger partial charge in [0.15, 0.2) is 5.82 Å². The summed E-state index contributed by atoms with van der Waals surface area (Å²) < 4.78 is 10.9. The summed E-state index contributed by atoms with van der Waals surface area (Å²) in [4.78, 5) is 18.9. The molecule has 122 valence electrons. The summed E-state index contributed by atoms with van der Waals surface area (Å²) >= 11 is 1.54. The van der Waals surface area contributed by atoms with Crippen LogP contribution in [0.2, 0.25) is 0 Å². The Kier molecular flexibility index (Phi) is 4.13. The Morgan fingerprint density at radius 3 is 2.91 bits per heavy atom. The third kappa shape index (κ3) is 3.03. The van der Waals surface area contributed by atoms with Crippen molar-refractivity contribution in [1.82, 2.24) is 15.0 Å². The first kappa shape index (κ1) is 14.8. The number of ether oxygens (including phenoxy) is 1. The van der Waals surface area contributed by atoms with Crippen LogP contribution in [0.1, 0.15) is 53.2 Å². The van der Waals surface area contributed by atoms with Gasteiger partial charge < -0.3 is 14.2 Å². The Morgan fingerprint density at radius 2 is 2.13 bits per heavy atom. The van der Waals surface area contributed by atoms with Crippen molar-refractivity contribution in [3.05, 3.63) is 34.1 Å². The molecule has 0 aromatic carbocycles. The van der Waals surface area contributed by atoms with E-state index in [1.807, 2.05) is 21.7 Å².